The number of carbonyl (C=O) groups excluding carboxylic acids is 1. The third-order valence-corrected chi connectivity index (χ3v) is 7.01. The average Bonchev–Trinajstić information content (AvgIpc) is 3.10. The first-order valence-electron chi connectivity index (χ1n) is 8.66. The number of amides is 1. The first kappa shape index (κ1) is 21.9. The summed E-state index contributed by atoms with van der Waals surface area (Å²) in [5.41, 5.74) is 8.08. The summed E-state index contributed by atoms with van der Waals surface area (Å²) in [6.45, 7) is 3.54. The lowest BCUT2D eigenvalue weighted by atomic mass is 9.87. The number of aromatic nitrogens is 2. The molecule has 1 aromatic heterocycles. The first-order chi connectivity index (χ1) is 13.1. The number of sulfone groups is 1. The number of hydroxylamine groups is 1. The standard InChI is InChI=1S/C18H26N4O5S/c1-12(2)9-18(17(23)21-24,16(19)15-10-22(3)11-20-15)28(25,26)14-7-5-6-13(8-14)27-4/h5-8,10-12,16,24H,9,19H2,1-4H3,(H,21,23). The molecule has 0 saturated carbocycles. The summed E-state index contributed by atoms with van der Waals surface area (Å²) in [7, 11) is -1.25. The zero-order chi connectivity index (χ0) is 21.1. The van der Waals surface area contributed by atoms with Gasteiger partial charge in [-0.1, -0.05) is 19.9 Å². The molecule has 0 fully saturated rings. The number of nitrogens with zero attached hydrogens (tertiary/aromatic N) is 2. The van der Waals surface area contributed by atoms with Crippen molar-refractivity contribution in [1.29, 1.82) is 0 Å². The summed E-state index contributed by atoms with van der Waals surface area (Å²) in [4.78, 5) is 16.9. The zero-order valence-electron chi connectivity index (χ0n) is 16.3. The number of methoxy groups -OCH3 is 1. The van der Waals surface area contributed by atoms with Crippen molar-refractivity contribution in [3.05, 3.63) is 42.5 Å². The highest BCUT2D eigenvalue weighted by atomic mass is 32.2. The van der Waals surface area contributed by atoms with Crippen LogP contribution in [0.1, 0.15) is 32.0 Å². The molecule has 2 rings (SSSR count). The molecule has 28 heavy (non-hydrogen) atoms. The van der Waals surface area contributed by atoms with Gasteiger partial charge in [-0.25, -0.2) is 18.9 Å². The van der Waals surface area contributed by atoms with Crippen LogP contribution in [0.15, 0.2) is 41.7 Å². The van der Waals surface area contributed by atoms with Crippen molar-refractivity contribution in [3.8, 4) is 5.75 Å². The number of nitrogens with one attached hydrogen (secondary N) is 1. The molecule has 2 aromatic rings. The Morgan fingerprint density at radius 2 is 2.11 bits per heavy atom. The second-order valence-electron chi connectivity index (χ2n) is 7.05. The van der Waals surface area contributed by atoms with Crippen molar-refractivity contribution < 1.29 is 23.2 Å². The Hall–Kier alpha value is -2.43. The molecule has 2 unspecified atom stereocenters. The van der Waals surface area contributed by atoms with Gasteiger partial charge in [0.25, 0.3) is 5.91 Å². The third-order valence-electron chi connectivity index (χ3n) is 4.57. The summed E-state index contributed by atoms with van der Waals surface area (Å²) in [5.74, 6) is -1.02. The Labute approximate surface area is 164 Å². The minimum atomic E-state index is -4.37. The van der Waals surface area contributed by atoms with Crippen LogP contribution in [0.25, 0.3) is 0 Å². The lowest BCUT2D eigenvalue weighted by Crippen LogP contribution is -2.59. The van der Waals surface area contributed by atoms with Gasteiger partial charge in [-0.05, 0) is 30.5 Å². The average molecular weight is 410 g/mol. The van der Waals surface area contributed by atoms with E-state index in [2.05, 4.69) is 4.98 Å². The van der Waals surface area contributed by atoms with E-state index >= 15 is 0 Å². The quantitative estimate of drug-likeness (QED) is 0.439. The largest absolute Gasteiger partial charge is 0.497 e. The van der Waals surface area contributed by atoms with Crippen molar-refractivity contribution in [2.75, 3.05) is 7.11 Å². The van der Waals surface area contributed by atoms with Crippen LogP contribution in [0.2, 0.25) is 0 Å². The second-order valence-corrected chi connectivity index (χ2v) is 9.26. The van der Waals surface area contributed by atoms with E-state index in [1.54, 1.807) is 37.7 Å². The lowest BCUT2D eigenvalue weighted by molar-refractivity contribution is -0.133. The van der Waals surface area contributed by atoms with Gasteiger partial charge in [-0.2, -0.15) is 0 Å². The minimum Gasteiger partial charge on any atom is -0.497 e. The van der Waals surface area contributed by atoms with Gasteiger partial charge >= 0.3 is 0 Å². The highest BCUT2D eigenvalue weighted by Crippen LogP contribution is 2.41. The van der Waals surface area contributed by atoms with Gasteiger partial charge in [0.05, 0.1) is 30.1 Å². The molecule has 1 amide bonds. The van der Waals surface area contributed by atoms with Crippen LogP contribution >= 0.6 is 0 Å². The van der Waals surface area contributed by atoms with E-state index in [4.69, 9.17) is 10.5 Å². The Morgan fingerprint density at radius 1 is 1.43 bits per heavy atom. The predicted octanol–water partition coefficient (Wildman–Crippen LogP) is 1.19. The second kappa shape index (κ2) is 8.29. The number of hydrogen-bond acceptors (Lipinski definition) is 7. The molecule has 0 aliphatic heterocycles. The van der Waals surface area contributed by atoms with E-state index in [1.165, 1.54) is 37.1 Å². The van der Waals surface area contributed by atoms with Crippen molar-refractivity contribution >= 4 is 15.7 Å². The van der Waals surface area contributed by atoms with E-state index < -0.39 is 26.5 Å². The molecule has 0 aliphatic carbocycles. The molecule has 0 radical (unpaired) electrons. The SMILES string of the molecule is COc1cccc(S(=O)(=O)C(CC(C)C)(C(=O)NO)C(N)c2cn(C)cn2)c1. The molecular weight excluding hydrogens is 384 g/mol. The number of nitrogens with two attached hydrogens (primary N) is 1. The van der Waals surface area contributed by atoms with Crippen LogP contribution in [0.3, 0.4) is 0 Å². The fourth-order valence-electron chi connectivity index (χ4n) is 3.27. The maximum absolute atomic E-state index is 13.7. The molecule has 0 saturated heterocycles. The number of hydrogen-bond donors (Lipinski definition) is 3. The van der Waals surface area contributed by atoms with Crippen molar-refractivity contribution in [1.82, 2.24) is 15.0 Å². The summed E-state index contributed by atoms with van der Waals surface area (Å²) >= 11 is 0. The molecule has 0 spiro atoms. The number of benzene rings is 1. The number of aryl methyl sites for hydroxylation is 1. The van der Waals surface area contributed by atoms with Crippen LogP contribution in [0.4, 0.5) is 0 Å². The molecule has 2 atom stereocenters. The summed E-state index contributed by atoms with van der Waals surface area (Å²) in [5, 5.41) is 9.43. The monoisotopic (exact) mass is 410 g/mol. The molecule has 4 N–H and O–H groups in total. The maximum atomic E-state index is 13.7. The smallest absolute Gasteiger partial charge is 0.267 e. The molecule has 1 aromatic carbocycles. The highest BCUT2D eigenvalue weighted by Gasteiger charge is 2.57. The Balaban J connectivity index is 2.79. The lowest BCUT2D eigenvalue weighted by Gasteiger charge is -2.36. The van der Waals surface area contributed by atoms with Crippen molar-refractivity contribution in [2.45, 2.75) is 36.0 Å². The topological polar surface area (TPSA) is 137 Å². The number of rotatable bonds is 8. The van der Waals surface area contributed by atoms with Gasteiger partial charge in [0.2, 0.25) is 0 Å². The normalized spacial score (nSPS) is 15.1. The predicted molar refractivity (Wildman–Crippen MR) is 102 cm³/mol. The number of ether oxygens (including phenoxy) is 1. The van der Waals surface area contributed by atoms with Gasteiger partial charge < -0.3 is 15.0 Å². The van der Waals surface area contributed by atoms with E-state index in [1.807, 2.05) is 0 Å². The molecule has 1 heterocycles. The minimum absolute atomic E-state index is 0.128. The van der Waals surface area contributed by atoms with E-state index in [0.29, 0.717) is 5.75 Å². The molecule has 10 heteroatoms. The molecule has 0 aliphatic rings. The van der Waals surface area contributed by atoms with Gasteiger partial charge in [-0.15, -0.1) is 0 Å². The van der Waals surface area contributed by atoms with Crippen molar-refractivity contribution in [3.63, 3.8) is 0 Å². The van der Waals surface area contributed by atoms with Crippen LogP contribution in [0, 0.1) is 5.92 Å². The Morgan fingerprint density at radius 3 is 2.61 bits per heavy atom. The Bertz CT molecular complexity index is 941. The number of carbonyl (C=O) groups is 1. The van der Waals surface area contributed by atoms with E-state index in [-0.39, 0.29) is 22.9 Å². The first-order valence-corrected chi connectivity index (χ1v) is 10.1. The fourth-order valence-corrected chi connectivity index (χ4v) is 5.52. The van der Waals surface area contributed by atoms with Gasteiger partial charge in [0.1, 0.15) is 5.75 Å². The third kappa shape index (κ3) is 3.75. The van der Waals surface area contributed by atoms with Crippen LogP contribution in [0.5, 0.6) is 5.75 Å². The van der Waals surface area contributed by atoms with Crippen LogP contribution in [-0.2, 0) is 21.7 Å². The van der Waals surface area contributed by atoms with Crippen LogP contribution in [-0.4, -0.2) is 40.9 Å². The summed E-state index contributed by atoms with van der Waals surface area (Å²) < 4.78 is 32.0. The Kier molecular flexibility index (Phi) is 6.48. The van der Waals surface area contributed by atoms with Crippen molar-refractivity contribution in [2.24, 2.45) is 18.7 Å². The van der Waals surface area contributed by atoms with E-state index in [0.717, 1.165) is 0 Å². The molecule has 0 bridgehead atoms. The zero-order valence-corrected chi connectivity index (χ0v) is 17.1. The number of imidazole rings is 1. The van der Waals surface area contributed by atoms with Crippen LogP contribution < -0.4 is 16.0 Å². The summed E-state index contributed by atoms with van der Waals surface area (Å²) in [6.07, 6.45) is 2.88. The molecule has 154 valence electrons. The van der Waals surface area contributed by atoms with Gasteiger partial charge in [0.15, 0.2) is 14.6 Å². The van der Waals surface area contributed by atoms with E-state index in [9.17, 15) is 18.4 Å². The summed E-state index contributed by atoms with van der Waals surface area (Å²) in [6, 6.07) is 4.46. The maximum Gasteiger partial charge on any atom is 0.267 e. The molecular formula is C18H26N4O5S. The fraction of sp³-hybridized carbons (Fsp3) is 0.444. The van der Waals surface area contributed by atoms with Gasteiger partial charge in [0, 0.05) is 13.2 Å². The molecule has 9 nitrogen and oxygen atoms in total. The van der Waals surface area contributed by atoms with Gasteiger partial charge in [-0.3, -0.25) is 10.0 Å². The highest BCUT2D eigenvalue weighted by molar-refractivity contribution is 7.93.